The summed E-state index contributed by atoms with van der Waals surface area (Å²) >= 11 is 0. The Balaban J connectivity index is 1.82. The second-order valence-electron chi connectivity index (χ2n) is 6.22. The summed E-state index contributed by atoms with van der Waals surface area (Å²) in [6.45, 7) is 5.03. The average molecular weight is 299 g/mol. The van der Waals surface area contributed by atoms with Crippen LogP contribution in [0.1, 0.15) is 37.2 Å². The minimum Gasteiger partial charge on any atom is -0.497 e. The molecule has 0 radical (unpaired) electrons. The van der Waals surface area contributed by atoms with Crippen LogP contribution < -0.4 is 4.74 Å². The van der Waals surface area contributed by atoms with Crippen molar-refractivity contribution < 1.29 is 9.53 Å². The minimum absolute atomic E-state index is 0.00904. The van der Waals surface area contributed by atoms with E-state index in [1.54, 1.807) is 17.9 Å². The lowest BCUT2D eigenvalue weighted by atomic mass is 10.0. The van der Waals surface area contributed by atoms with Gasteiger partial charge in [0.05, 0.1) is 12.8 Å². The van der Waals surface area contributed by atoms with E-state index in [1.165, 1.54) is 0 Å². The topological polar surface area (TPSA) is 47.4 Å². The van der Waals surface area contributed by atoms with Gasteiger partial charge in [-0.2, -0.15) is 5.10 Å². The fourth-order valence-electron chi connectivity index (χ4n) is 2.94. The number of benzene rings is 1. The summed E-state index contributed by atoms with van der Waals surface area (Å²) in [4.78, 5) is 14.6. The number of amides is 1. The molecule has 5 nitrogen and oxygen atoms in total. The van der Waals surface area contributed by atoms with Crippen molar-refractivity contribution in [2.75, 3.05) is 13.7 Å². The third-order valence-electron chi connectivity index (χ3n) is 4.29. The quantitative estimate of drug-likeness (QED) is 0.875. The van der Waals surface area contributed by atoms with Crippen LogP contribution >= 0.6 is 0 Å². The lowest BCUT2D eigenvalue weighted by Crippen LogP contribution is -2.42. The van der Waals surface area contributed by atoms with Crippen LogP contribution in [-0.4, -0.2) is 39.8 Å². The van der Waals surface area contributed by atoms with Crippen molar-refractivity contribution in [3.63, 3.8) is 0 Å². The number of ether oxygens (including phenoxy) is 1. The normalized spacial score (nSPS) is 16.8. The van der Waals surface area contributed by atoms with Gasteiger partial charge in [0.1, 0.15) is 5.75 Å². The molecule has 1 amide bonds. The van der Waals surface area contributed by atoms with Gasteiger partial charge in [-0.05, 0) is 57.0 Å². The zero-order valence-corrected chi connectivity index (χ0v) is 13.2. The molecule has 2 heterocycles. The summed E-state index contributed by atoms with van der Waals surface area (Å²) in [6.07, 6.45) is 3.91. The van der Waals surface area contributed by atoms with Crippen LogP contribution in [0.3, 0.4) is 0 Å². The molecule has 0 saturated carbocycles. The Bertz CT molecular complexity index is 673. The molecule has 116 valence electrons. The van der Waals surface area contributed by atoms with Crippen LogP contribution in [0, 0.1) is 0 Å². The number of rotatable bonds is 3. The van der Waals surface area contributed by atoms with E-state index in [0.717, 1.165) is 30.8 Å². The van der Waals surface area contributed by atoms with Crippen molar-refractivity contribution in [1.29, 1.82) is 0 Å². The predicted molar refractivity (Wildman–Crippen MR) is 84.5 cm³/mol. The zero-order chi connectivity index (χ0) is 15.7. The van der Waals surface area contributed by atoms with Crippen LogP contribution in [-0.2, 0) is 0 Å². The van der Waals surface area contributed by atoms with Gasteiger partial charge in [-0.1, -0.05) is 0 Å². The van der Waals surface area contributed by atoms with Crippen molar-refractivity contribution in [3.8, 4) is 11.4 Å². The zero-order valence-electron chi connectivity index (χ0n) is 13.2. The molecule has 0 spiro atoms. The Morgan fingerprint density at radius 3 is 2.55 bits per heavy atom. The van der Waals surface area contributed by atoms with Crippen molar-refractivity contribution in [2.45, 2.75) is 32.2 Å². The van der Waals surface area contributed by atoms with Crippen molar-refractivity contribution in [3.05, 3.63) is 42.2 Å². The highest BCUT2D eigenvalue weighted by atomic mass is 16.5. The van der Waals surface area contributed by atoms with E-state index in [2.05, 4.69) is 18.9 Å². The number of hydrogen-bond donors (Lipinski definition) is 0. The molecular weight excluding hydrogens is 278 g/mol. The molecule has 1 aliphatic heterocycles. The first-order valence-corrected chi connectivity index (χ1v) is 7.53. The monoisotopic (exact) mass is 299 g/mol. The lowest BCUT2D eigenvalue weighted by molar-refractivity contribution is 0.0645. The fourth-order valence-corrected chi connectivity index (χ4v) is 2.94. The molecule has 0 atom stereocenters. The first-order valence-electron chi connectivity index (χ1n) is 7.53. The maximum atomic E-state index is 12.6. The number of carbonyl (C=O) groups excluding carboxylic acids is 1. The molecule has 0 aliphatic carbocycles. The summed E-state index contributed by atoms with van der Waals surface area (Å²) in [5.74, 6) is 0.806. The van der Waals surface area contributed by atoms with Crippen LogP contribution in [0.4, 0.5) is 0 Å². The molecule has 1 fully saturated rings. The van der Waals surface area contributed by atoms with E-state index >= 15 is 0 Å². The third-order valence-corrected chi connectivity index (χ3v) is 4.29. The number of methoxy groups -OCH3 is 1. The van der Waals surface area contributed by atoms with E-state index in [0.29, 0.717) is 5.69 Å². The summed E-state index contributed by atoms with van der Waals surface area (Å²) < 4.78 is 6.87. The Morgan fingerprint density at radius 1 is 1.23 bits per heavy atom. The minimum atomic E-state index is -0.0824. The van der Waals surface area contributed by atoms with E-state index < -0.39 is 0 Å². The van der Waals surface area contributed by atoms with Gasteiger partial charge in [0, 0.05) is 18.3 Å². The molecule has 5 heteroatoms. The standard InChI is InChI=1S/C17H21N3O2/c1-17(2)10-4-11-19(17)16(21)15-9-12-20(18-15)13-5-7-14(22-3)8-6-13/h5-9,12H,4,10-11H2,1-3H3. The van der Waals surface area contributed by atoms with Gasteiger partial charge in [0.2, 0.25) is 0 Å². The number of likely N-dealkylation sites (tertiary alicyclic amines) is 1. The number of nitrogens with zero attached hydrogens (tertiary/aromatic N) is 3. The smallest absolute Gasteiger partial charge is 0.274 e. The van der Waals surface area contributed by atoms with Gasteiger partial charge >= 0.3 is 0 Å². The van der Waals surface area contributed by atoms with Gasteiger partial charge in [0.25, 0.3) is 5.91 Å². The van der Waals surface area contributed by atoms with E-state index in [1.807, 2.05) is 35.4 Å². The highest BCUT2D eigenvalue weighted by Gasteiger charge is 2.36. The van der Waals surface area contributed by atoms with Gasteiger partial charge in [0.15, 0.2) is 5.69 Å². The maximum absolute atomic E-state index is 12.6. The Morgan fingerprint density at radius 2 is 1.95 bits per heavy atom. The van der Waals surface area contributed by atoms with E-state index in [-0.39, 0.29) is 11.4 Å². The van der Waals surface area contributed by atoms with Crippen molar-refractivity contribution in [1.82, 2.24) is 14.7 Å². The van der Waals surface area contributed by atoms with Crippen molar-refractivity contribution >= 4 is 5.91 Å². The molecule has 1 aromatic heterocycles. The van der Waals surface area contributed by atoms with Crippen LogP contribution in [0.15, 0.2) is 36.5 Å². The molecule has 0 N–H and O–H groups in total. The van der Waals surface area contributed by atoms with E-state index in [4.69, 9.17) is 4.74 Å². The van der Waals surface area contributed by atoms with Gasteiger partial charge in [-0.3, -0.25) is 4.79 Å². The summed E-state index contributed by atoms with van der Waals surface area (Å²) in [5, 5.41) is 4.43. The van der Waals surface area contributed by atoms with Gasteiger partial charge < -0.3 is 9.64 Å². The number of hydrogen-bond acceptors (Lipinski definition) is 3. The molecule has 1 saturated heterocycles. The molecule has 2 aromatic rings. The predicted octanol–water partition coefficient (Wildman–Crippen LogP) is 2.90. The fraction of sp³-hybridized carbons (Fsp3) is 0.412. The summed E-state index contributed by atoms with van der Waals surface area (Å²) in [5.41, 5.74) is 1.31. The molecule has 0 unspecified atom stereocenters. The first kappa shape index (κ1) is 14.6. The lowest BCUT2D eigenvalue weighted by Gasteiger charge is -2.30. The molecule has 22 heavy (non-hydrogen) atoms. The molecule has 1 aromatic carbocycles. The second-order valence-corrected chi connectivity index (χ2v) is 6.22. The van der Waals surface area contributed by atoms with E-state index in [9.17, 15) is 4.79 Å². The highest BCUT2D eigenvalue weighted by molar-refractivity contribution is 5.93. The Labute approximate surface area is 130 Å². The second kappa shape index (κ2) is 5.48. The number of carbonyl (C=O) groups is 1. The average Bonchev–Trinajstić information content (AvgIpc) is 3.13. The van der Waals surface area contributed by atoms with Gasteiger partial charge in [-0.25, -0.2) is 4.68 Å². The SMILES string of the molecule is COc1ccc(-n2ccc(C(=O)N3CCCC3(C)C)n2)cc1. The third kappa shape index (κ3) is 2.58. The summed E-state index contributed by atoms with van der Waals surface area (Å²) in [7, 11) is 1.64. The molecule has 1 aliphatic rings. The highest BCUT2D eigenvalue weighted by Crippen LogP contribution is 2.29. The molecule has 3 rings (SSSR count). The Kier molecular flexibility index (Phi) is 3.64. The maximum Gasteiger partial charge on any atom is 0.274 e. The van der Waals surface area contributed by atoms with Crippen LogP contribution in [0.25, 0.3) is 5.69 Å². The van der Waals surface area contributed by atoms with Crippen LogP contribution in [0.2, 0.25) is 0 Å². The van der Waals surface area contributed by atoms with Crippen LogP contribution in [0.5, 0.6) is 5.75 Å². The number of aromatic nitrogens is 2. The summed E-state index contributed by atoms with van der Waals surface area (Å²) in [6, 6.07) is 9.37. The molecule has 0 bridgehead atoms. The Hall–Kier alpha value is -2.30. The first-order chi connectivity index (χ1) is 10.5. The van der Waals surface area contributed by atoms with Gasteiger partial charge in [-0.15, -0.1) is 0 Å². The molecular formula is C17H21N3O2. The van der Waals surface area contributed by atoms with Crippen molar-refractivity contribution in [2.24, 2.45) is 0 Å². The largest absolute Gasteiger partial charge is 0.497 e.